The van der Waals surface area contributed by atoms with E-state index in [0.29, 0.717) is 12.5 Å². The summed E-state index contributed by atoms with van der Waals surface area (Å²) in [5.74, 6) is 0.844. The molecule has 1 fully saturated rings. The highest BCUT2D eigenvalue weighted by atomic mass is 16.5. The molecule has 0 unspecified atom stereocenters. The van der Waals surface area contributed by atoms with Gasteiger partial charge in [0.2, 0.25) is 5.91 Å². The van der Waals surface area contributed by atoms with Gasteiger partial charge in [-0.25, -0.2) is 0 Å². The second kappa shape index (κ2) is 9.34. The highest BCUT2D eigenvalue weighted by Crippen LogP contribution is 2.08. The van der Waals surface area contributed by atoms with Crippen LogP contribution in [0.2, 0.25) is 0 Å². The molecule has 18 heavy (non-hydrogen) atoms. The molecule has 1 saturated heterocycles. The number of carbonyl (C=O) groups excluding carboxylic acids is 1. The Bertz CT molecular complexity index is 226. The number of hydrogen-bond acceptors (Lipinski definition) is 3. The van der Waals surface area contributed by atoms with Crippen LogP contribution in [0.25, 0.3) is 0 Å². The number of rotatable bonds is 8. The van der Waals surface area contributed by atoms with Gasteiger partial charge in [0.05, 0.1) is 6.54 Å². The average molecular weight is 256 g/mol. The Hall–Kier alpha value is -0.610. The van der Waals surface area contributed by atoms with Crippen LogP contribution in [0, 0.1) is 5.92 Å². The summed E-state index contributed by atoms with van der Waals surface area (Å²) in [5, 5.41) is 3.20. The quantitative estimate of drug-likeness (QED) is 0.671. The third-order valence-corrected chi connectivity index (χ3v) is 3.08. The molecule has 1 N–H and O–H groups in total. The van der Waals surface area contributed by atoms with Crippen molar-refractivity contribution in [3.05, 3.63) is 0 Å². The molecule has 0 aromatic heterocycles. The summed E-state index contributed by atoms with van der Waals surface area (Å²) < 4.78 is 5.48. The number of nitrogens with one attached hydrogen (secondary N) is 1. The van der Waals surface area contributed by atoms with Crippen molar-refractivity contribution in [2.75, 3.05) is 39.4 Å². The standard InChI is InChI=1S/C14H28N2O2/c1-13(2)12-18-10-6-7-15-11-14(17)16-8-4-3-5-9-16/h13,15H,3-12H2,1-2H3. The first-order chi connectivity index (χ1) is 8.70. The first-order valence-electron chi connectivity index (χ1n) is 7.26. The predicted molar refractivity (Wildman–Crippen MR) is 73.6 cm³/mol. The van der Waals surface area contributed by atoms with Gasteiger partial charge in [-0.05, 0) is 38.1 Å². The van der Waals surface area contributed by atoms with Gasteiger partial charge in [0.25, 0.3) is 0 Å². The molecule has 0 spiro atoms. The minimum Gasteiger partial charge on any atom is -0.381 e. The Morgan fingerprint density at radius 3 is 2.67 bits per heavy atom. The van der Waals surface area contributed by atoms with E-state index in [9.17, 15) is 4.79 Å². The molecule has 0 aliphatic carbocycles. The molecule has 1 aliphatic rings. The fraction of sp³-hybridized carbons (Fsp3) is 0.929. The smallest absolute Gasteiger partial charge is 0.236 e. The first kappa shape index (κ1) is 15.4. The normalized spacial score (nSPS) is 16.3. The van der Waals surface area contributed by atoms with Crippen molar-refractivity contribution in [3.63, 3.8) is 0 Å². The summed E-state index contributed by atoms with van der Waals surface area (Å²) in [6, 6.07) is 0. The minimum atomic E-state index is 0.248. The van der Waals surface area contributed by atoms with Gasteiger partial charge in [0.15, 0.2) is 0 Å². The van der Waals surface area contributed by atoms with E-state index in [4.69, 9.17) is 4.74 Å². The van der Waals surface area contributed by atoms with E-state index >= 15 is 0 Å². The predicted octanol–water partition coefficient (Wildman–Crippen LogP) is 1.65. The van der Waals surface area contributed by atoms with Crippen molar-refractivity contribution >= 4 is 5.91 Å². The fourth-order valence-electron chi connectivity index (χ4n) is 2.07. The molecular formula is C14H28N2O2. The lowest BCUT2D eigenvalue weighted by Crippen LogP contribution is -2.41. The lowest BCUT2D eigenvalue weighted by Gasteiger charge is -2.26. The zero-order chi connectivity index (χ0) is 13.2. The molecule has 1 rings (SSSR count). The van der Waals surface area contributed by atoms with Crippen molar-refractivity contribution in [2.24, 2.45) is 5.92 Å². The van der Waals surface area contributed by atoms with Crippen LogP contribution in [0.5, 0.6) is 0 Å². The van der Waals surface area contributed by atoms with Crippen molar-refractivity contribution in [1.82, 2.24) is 10.2 Å². The van der Waals surface area contributed by atoms with Crippen LogP contribution in [-0.2, 0) is 9.53 Å². The van der Waals surface area contributed by atoms with Gasteiger partial charge in [-0.2, -0.15) is 0 Å². The SMILES string of the molecule is CC(C)COCCCNCC(=O)N1CCCCC1. The molecular weight excluding hydrogens is 228 g/mol. The van der Waals surface area contributed by atoms with E-state index in [1.165, 1.54) is 6.42 Å². The van der Waals surface area contributed by atoms with Gasteiger partial charge in [-0.15, -0.1) is 0 Å². The number of hydrogen-bond donors (Lipinski definition) is 1. The van der Waals surface area contributed by atoms with Gasteiger partial charge in [-0.1, -0.05) is 13.8 Å². The zero-order valence-corrected chi connectivity index (χ0v) is 11.9. The molecule has 0 atom stereocenters. The van der Waals surface area contributed by atoms with Gasteiger partial charge >= 0.3 is 0 Å². The number of nitrogens with zero attached hydrogens (tertiary/aromatic N) is 1. The minimum absolute atomic E-state index is 0.248. The third kappa shape index (κ3) is 6.97. The lowest BCUT2D eigenvalue weighted by atomic mass is 10.1. The van der Waals surface area contributed by atoms with E-state index in [1.807, 2.05) is 4.90 Å². The second-order valence-corrected chi connectivity index (χ2v) is 5.44. The summed E-state index contributed by atoms with van der Waals surface area (Å²) in [6.45, 7) is 9.12. The van der Waals surface area contributed by atoms with Crippen LogP contribution in [0.3, 0.4) is 0 Å². The monoisotopic (exact) mass is 256 g/mol. The molecule has 1 amide bonds. The Balaban J connectivity index is 1.92. The van der Waals surface area contributed by atoms with Gasteiger partial charge in [-0.3, -0.25) is 4.79 Å². The summed E-state index contributed by atoms with van der Waals surface area (Å²) >= 11 is 0. The third-order valence-electron chi connectivity index (χ3n) is 3.08. The zero-order valence-electron chi connectivity index (χ0n) is 11.9. The number of carbonyl (C=O) groups is 1. The highest BCUT2D eigenvalue weighted by Gasteiger charge is 2.15. The van der Waals surface area contributed by atoms with E-state index in [1.54, 1.807) is 0 Å². The molecule has 0 aromatic rings. The summed E-state index contributed by atoms with van der Waals surface area (Å²) in [7, 11) is 0. The fourth-order valence-corrected chi connectivity index (χ4v) is 2.07. The summed E-state index contributed by atoms with van der Waals surface area (Å²) in [6.07, 6.45) is 4.56. The van der Waals surface area contributed by atoms with Gasteiger partial charge < -0.3 is 15.0 Å². The largest absolute Gasteiger partial charge is 0.381 e. The average Bonchev–Trinajstić information content (AvgIpc) is 2.38. The van der Waals surface area contributed by atoms with Crippen molar-refractivity contribution in [1.29, 1.82) is 0 Å². The van der Waals surface area contributed by atoms with Crippen LogP contribution in [-0.4, -0.2) is 50.2 Å². The highest BCUT2D eigenvalue weighted by molar-refractivity contribution is 5.78. The van der Waals surface area contributed by atoms with Crippen molar-refractivity contribution in [2.45, 2.75) is 39.5 Å². The van der Waals surface area contributed by atoms with Crippen molar-refractivity contribution < 1.29 is 9.53 Å². The summed E-state index contributed by atoms with van der Waals surface area (Å²) in [5.41, 5.74) is 0. The van der Waals surface area contributed by atoms with Crippen LogP contribution < -0.4 is 5.32 Å². The number of likely N-dealkylation sites (tertiary alicyclic amines) is 1. The Morgan fingerprint density at radius 2 is 2.00 bits per heavy atom. The van der Waals surface area contributed by atoms with Gasteiger partial charge in [0, 0.05) is 26.3 Å². The van der Waals surface area contributed by atoms with E-state index in [0.717, 1.165) is 52.1 Å². The molecule has 106 valence electrons. The van der Waals surface area contributed by atoms with E-state index < -0.39 is 0 Å². The van der Waals surface area contributed by atoms with Crippen LogP contribution in [0.4, 0.5) is 0 Å². The molecule has 0 saturated carbocycles. The maximum Gasteiger partial charge on any atom is 0.236 e. The van der Waals surface area contributed by atoms with Crippen LogP contribution in [0.1, 0.15) is 39.5 Å². The molecule has 1 aliphatic heterocycles. The van der Waals surface area contributed by atoms with Crippen LogP contribution in [0.15, 0.2) is 0 Å². The number of amides is 1. The van der Waals surface area contributed by atoms with Gasteiger partial charge in [0.1, 0.15) is 0 Å². The summed E-state index contributed by atoms with van der Waals surface area (Å²) in [4.78, 5) is 13.8. The topological polar surface area (TPSA) is 41.6 Å². The Morgan fingerprint density at radius 1 is 1.28 bits per heavy atom. The van der Waals surface area contributed by atoms with E-state index in [2.05, 4.69) is 19.2 Å². The molecule has 4 nitrogen and oxygen atoms in total. The maximum absolute atomic E-state index is 11.8. The Kier molecular flexibility index (Phi) is 8.01. The maximum atomic E-state index is 11.8. The molecule has 0 bridgehead atoms. The number of piperidine rings is 1. The molecule has 1 heterocycles. The van der Waals surface area contributed by atoms with E-state index in [-0.39, 0.29) is 5.91 Å². The number of ether oxygens (including phenoxy) is 1. The Labute approximate surface area is 111 Å². The molecule has 0 aromatic carbocycles. The molecule has 4 heteroatoms. The first-order valence-corrected chi connectivity index (χ1v) is 7.26. The second-order valence-electron chi connectivity index (χ2n) is 5.44. The lowest BCUT2D eigenvalue weighted by molar-refractivity contribution is -0.131. The van der Waals surface area contributed by atoms with Crippen LogP contribution >= 0.6 is 0 Å². The van der Waals surface area contributed by atoms with Crippen molar-refractivity contribution in [3.8, 4) is 0 Å². The molecule has 0 radical (unpaired) electrons.